The van der Waals surface area contributed by atoms with Gasteiger partial charge in [0, 0.05) is 17.7 Å². The summed E-state index contributed by atoms with van der Waals surface area (Å²) in [5.41, 5.74) is 4.30. The van der Waals surface area contributed by atoms with Crippen molar-refractivity contribution in [2.75, 3.05) is 32.6 Å². The molecule has 15 heteroatoms. The number of hydrogen-bond donors (Lipinski definition) is 0. The van der Waals surface area contributed by atoms with Gasteiger partial charge < -0.3 is 18.4 Å². The van der Waals surface area contributed by atoms with E-state index in [2.05, 4.69) is 25.6 Å². The summed E-state index contributed by atoms with van der Waals surface area (Å²) in [6.07, 6.45) is 5.42. The Morgan fingerprint density at radius 3 is 2.02 bits per heavy atom. The van der Waals surface area contributed by atoms with Crippen LogP contribution in [0.4, 0.5) is 0 Å². The van der Waals surface area contributed by atoms with Crippen LogP contribution in [0.15, 0.2) is 79.4 Å². The largest absolute Gasteiger partial charge is 0.379 e. The Balaban J connectivity index is 1.30. The Labute approximate surface area is 253 Å². The average Bonchev–Trinajstić information content (AvgIpc) is 3.82. The van der Waals surface area contributed by atoms with Crippen molar-refractivity contribution >= 4 is 18.8 Å². The zero-order valence-electron chi connectivity index (χ0n) is 24.3. The molecule has 14 nitrogen and oxygen atoms in total. The van der Waals surface area contributed by atoms with Gasteiger partial charge >= 0.3 is 7.60 Å². The monoisotopic (exact) mass is 614 g/mol. The van der Waals surface area contributed by atoms with Gasteiger partial charge in [0.05, 0.1) is 51.3 Å². The molecule has 0 unspecified atom stereocenters. The minimum atomic E-state index is -3.18. The number of benzene rings is 2. The van der Waals surface area contributed by atoms with Gasteiger partial charge in [-0.05, 0) is 13.8 Å². The lowest BCUT2D eigenvalue weighted by atomic mass is 10.2. The number of fused-ring (bicyclic) bond motifs is 1. The van der Waals surface area contributed by atoms with Gasteiger partial charge in [0.1, 0.15) is 11.4 Å². The molecule has 0 saturated carbocycles. The molecule has 0 amide bonds. The van der Waals surface area contributed by atoms with E-state index >= 15 is 0 Å². The predicted octanol–water partition coefficient (Wildman–Crippen LogP) is 4.60. The third kappa shape index (κ3) is 6.48. The second-order valence-corrected chi connectivity index (χ2v) is 11.8. The van der Waals surface area contributed by atoms with Crippen LogP contribution < -0.4 is 0 Å². The normalized spacial score (nSPS) is 11.9. The highest BCUT2D eigenvalue weighted by Gasteiger charge is 2.23. The molecule has 6 aromatic rings. The Hall–Kier alpha value is -4.62. The summed E-state index contributed by atoms with van der Waals surface area (Å²) < 4.78 is 34.2. The highest BCUT2D eigenvalue weighted by Crippen LogP contribution is 2.47. The highest BCUT2D eigenvalue weighted by atomic mass is 31.2. The summed E-state index contributed by atoms with van der Waals surface area (Å²) in [4.78, 5) is 14.2. The highest BCUT2D eigenvalue weighted by molar-refractivity contribution is 7.53. The van der Waals surface area contributed by atoms with Crippen LogP contribution in [0.2, 0.25) is 0 Å². The van der Waals surface area contributed by atoms with Crippen LogP contribution in [-0.4, -0.2) is 82.1 Å². The van der Waals surface area contributed by atoms with Crippen molar-refractivity contribution < 1.29 is 18.3 Å². The second kappa shape index (κ2) is 13.3. The molecule has 44 heavy (non-hydrogen) atoms. The van der Waals surface area contributed by atoms with E-state index in [1.54, 1.807) is 37.3 Å². The first-order chi connectivity index (χ1) is 21.6. The minimum absolute atomic E-state index is 0.169. The van der Waals surface area contributed by atoms with Gasteiger partial charge in [-0.1, -0.05) is 71.1 Å². The third-order valence-electron chi connectivity index (χ3n) is 6.62. The molecule has 0 radical (unpaired) electrons. The Morgan fingerprint density at radius 2 is 1.39 bits per heavy atom. The number of nitrogens with zero attached hydrogens (tertiary/aromatic N) is 10. The summed E-state index contributed by atoms with van der Waals surface area (Å²) in [7, 11) is -3.18. The van der Waals surface area contributed by atoms with Crippen LogP contribution in [0, 0.1) is 0 Å². The van der Waals surface area contributed by atoms with E-state index in [0.717, 1.165) is 11.1 Å². The van der Waals surface area contributed by atoms with Crippen molar-refractivity contribution in [3.63, 3.8) is 0 Å². The molecular weight excluding hydrogens is 583 g/mol. The zero-order chi connectivity index (χ0) is 30.4. The van der Waals surface area contributed by atoms with Gasteiger partial charge in [-0.2, -0.15) is 19.3 Å². The molecule has 0 atom stereocenters. The summed E-state index contributed by atoms with van der Waals surface area (Å²) >= 11 is 0. The summed E-state index contributed by atoms with van der Waals surface area (Å²) in [6, 6.07) is 19.5. The maximum absolute atomic E-state index is 12.7. The smallest absolute Gasteiger partial charge is 0.332 e. The molecule has 4 aromatic heterocycles. The van der Waals surface area contributed by atoms with Gasteiger partial charge in [0.25, 0.3) is 5.95 Å². The van der Waals surface area contributed by atoms with Gasteiger partial charge in [-0.25, -0.2) is 4.98 Å². The summed E-state index contributed by atoms with van der Waals surface area (Å²) in [5.74, 6) is 0.724. The van der Waals surface area contributed by atoms with Gasteiger partial charge in [-0.15, -0.1) is 10.2 Å². The van der Waals surface area contributed by atoms with E-state index in [-0.39, 0.29) is 18.7 Å². The van der Waals surface area contributed by atoms with Crippen molar-refractivity contribution in [2.24, 2.45) is 0 Å². The van der Waals surface area contributed by atoms with E-state index in [1.807, 2.05) is 65.2 Å². The lowest BCUT2D eigenvalue weighted by molar-refractivity contribution is 0.132. The molecule has 0 aliphatic carbocycles. The molecular formula is C29H31N10O4P. The maximum Gasteiger partial charge on any atom is 0.332 e. The van der Waals surface area contributed by atoms with Crippen LogP contribution in [0.1, 0.15) is 13.8 Å². The molecule has 0 bridgehead atoms. The Morgan fingerprint density at radius 1 is 0.773 bits per heavy atom. The first kappa shape index (κ1) is 29.5. The van der Waals surface area contributed by atoms with E-state index in [4.69, 9.17) is 23.8 Å². The first-order valence-corrected chi connectivity index (χ1v) is 15.9. The number of hydrogen-bond acceptors (Lipinski definition) is 11. The lowest BCUT2D eigenvalue weighted by Crippen LogP contribution is -2.12. The van der Waals surface area contributed by atoms with Crippen LogP contribution >= 0.6 is 7.60 Å². The molecule has 0 saturated heterocycles. The fourth-order valence-corrected chi connectivity index (χ4v) is 6.03. The van der Waals surface area contributed by atoms with Crippen molar-refractivity contribution in [3.8, 4) is 34.3 Å². The molecule has 0 aliphatic rings. The molecule has 2 aromatic carbocycles. The molecule has 4 heterocycles. The van der Waals surface area contributed by atoms with Crippen LogP contribution in [0.25, 0.3) is 45.4 Å². The number of aromatic nitrogens is 10. The van der Waals surface area contributed by atoms with Crippen molar-refractivity contribution in [1.29, 1.82) is 0 Å². The average molecular weight is 615 g/mol. The van der Waals surface area contributed by atoms with E-state index in [0.29, 0.717) is 54.7 Å². The van der Waals surface area contributed by atoms with E-state index in [9.17, 15) is 4.57 Å². The first-order valence-electron chi connectivity index (χ1n) is 14.2. The Bertz CT molecular complexity index is 1860. The molecule has 6 rings (SSSR count). The number of imidazole rings is 1. The van der Waals surface area contributed by atoms with Gasteiger partial charge in [0.2, 0.25) is 0 Å². The lowest BCUT2D eigenvalue weighted by Gasteiger charge is -2.16. The molecule has 0 spiro atoms. The number of ether oxygens (including phenoxy) is 1. The fraction of sp³-hybridized carbons (Fsp3) is 0.276. The summed E-state index contributed by atoms with van der Waals surface area (Å²) in [6.45, 7) is 5.15. The second-order valence-electron chi connectivity index (χ2n) is 9.57. The third-order valence-corrected chi connectivity index (χ3v) is 8.65. The van der Waals surface area contributed by atoms with Crippen molar-refractivity contribution in [3.05, 3.63) is 79.4 Å². The topological polar surface area (TPSA) is 150 Å². The van der Waals surface area contributed by atoms with Crippen LogP contribution in [0.5, 0.6) is 0 Å². The van der Waals surface area contributed by atoms with E-state index in [1.165, 1.54) is 4.68 Å². The Kier molecular flexibility index (Phi) is 8.94. The summed E-state index contributed by atoms with van der Waals surface area (Å²) in [5, 5.41) is 17.3. The molecule has 226 valence electrons. The van der Waals surface area contributed by atoms with Crippen molar-refractivity contribution in [2.45, 2.75) is 20.4 Å². The molecule has 0 aliphatic heterocycles. The van der Waals surface area contributed by atoms with Gasteiger partial charge in [0.15, 0.2) is 17.0 Å². The zero-order valence-corrected chi connectivity index (χ0v) is 25.2. The standard InChI is InChI=1S/C29H31N10O4P/c1-3-42-44(40,43-4-2)18-17-41-16-15-37-21-30-26-27(37)31-29(39-20-25(34-36-39)23-13-9-6-10-14-23)32-28(26)38-19-24(33-35-38)22-11-7-5-8-12-22/h5-14,19-21H,3-4,15-18H2,1-2H3. The van der Waals surface area contributed by atoms with Crippen LogP contribution in [0.3, 0.4) is 0 Å². The predicted molar refractivity (Wildman–Crippen MR) is 163 cm³/mol. The number of rotatable bonds is 14. The van der Waals surface area contributed by atoms with Gasteiger partial charge in [-0.3, -0.25) is 4.57 Å². The van der Waals surface area contributed by atoms with E-state index < -0.39 is 7.60 Å². The fourth-order valence-electron chi connectivity index (χ4n) is 4.56. The quantitative estimate of drug-likeness (QED) is 0.125. The molecule has 0 N–H and O–H groups in total. The SMILES string of the molecule is CCOP(=O)(CCOCCn1cnc2c(-n3cc(-c4ccccc4)nn3)nc(-n3cc(-c4ccccc4)nn3)nc21)OCC. The van der Waals surface area contributed by atoms with Crippen LogP contribution in [-0.2, 0) is 24.9 Å². The molecule has 0 fully saturated rings. The maximum atomic E-state index is 12.7. The minimum Gasteiger partial charge on any atom is -0.379 e. The van der Waals surface area contributed by atoms with Crippen molar-refractivity contribution in [1.82, 2.24) is 49.5 Å².